The Morgan fingerprint density at radius 3 is 2.40 bits per heavy atom. The molecule has 0 aliphatic rings. The molecule has 0 aliphatic heterocycles. The van der Waals surface area contributed by atoms with E-state index < -0.39 is 35.3 Å². The Hall–Kier alpha value is -3.72. The van der Waals surface area contributed by atoms with E-state index in [1.54, 1.807) is 12.1 Å². The number of carboxylic acids is 1. The molecule has 1 amide bonds. The number of aromatic nitrogens is 2. The first kappa shape index (κ1) is 25.9. The van der Waals surface area contributed by atoms with E-state index >= 15 is 0 Å². The predicted molar refractivity (Wildman–Crippen MR) is 128 cm³/mol. The summed E-state index contributed by atoms with van der Waals surface area (Å²) in [7, 11) is 0. The van der Waals surface area contributed by atoms with Crippen LogP contribution in [-0.4, -0.2) is 44.6 Å². The number of hydrogen-bond acceptors (Lipinski definition) is 5. The summed E-state index contributed by atoms with van der Waals surface area (Å²) in [4.78, 5) is 24.6. The van der Waals surface area contributed by atoms with E-state index in [1.807, 2.05) is 39.8 Å². The first-order valence-electron chi connectivity index (χ1n) is 11.2. The summed E-state index contributed by atoms with van der Waals surface area (Å²) in [5, 5.41) is 26.8. The predicted octanol–water partition coefficient (Wildman–Crippen LogP) is 4.05. The number of halogens is 1. The minimum atomic E-state index is -1.06. The van der Waals surface area contributed by atoms with Gasteiger partial charge in [-0.25, -0.2) is 9.07 Å². The Morgan fingerprint density at radius 1 is 1.14 bits per heavy atom. The van der Waals surface area contributed by atoms with Crippen molar-refractivity contribution in [1.29, 1.82) is 0 Å². The average molecular weight is 484 g/mol. The number of aliphatic hydroxyl groups is 1. The van der Waals surface area contributed by atoms with E-state index in [1.165, 1.54) is 35.0 Å². The number of aliphatic hydroxyl groups excluding tert-OH is 1. The molecule has 0 saturated carbocycles. The molecule has 0 saturated heterocycles. The van der Waals surface area contributed by atoms with Crippen LogP contribution in [0.5, 0.6) is 5.88 Å². The van der Waals surface area contributed by atoms with Gasteiger partial charge in [-0.05, 0) is 47.7 Å². The van der Waals surface area contributed by atoms with Gasteiger partial charge in [0.1, 0.15) is 12.4 Å². The summed E-state index contributed by atoms with van der Waals surface area (Å²) in [6, 6.07) is 13.3. The number of carbonyl (C=O) groups excluding carboxylic acids is 1. The summed E-state index contributed by atoms with van der Waals surface area (Å²) >= 11 is 0. The van der Waals surface area contributed by atoms with Gasteiger partial charge in [0.2, 0.25) is 5.88 Å². The standard InChI is InChI=1S/C26H30FN3O5/c1-16-7-5-6-8-19(16)20(14-24(32)33)28-25(34)21-13-23(35-15-22(31)26(2,3)4)30(29-21)18-11-9-17(27)10-12-18/h5-13,20,22,31H,14-15H2,1-4H3,(H,28,34)(H,32,33)/t20-,22+/m0/s1. The zero-order valence-electron chi connectivity index (χ0n) is 20.2. The molecular formula is C26H30FN3O5. The average Bonchev–Trinajstić information content (AvgIpc) is 3.21. The Morgan fingerprint density at radius 2 is 1.80 bits per heavy atom. The second-order valence-electron chi connectivity index (χ2n) is 9.43. The molecule has 9 heteroatoms. The lowest BCUT2D eigenvalue weighted by Crippen LogP contribution is -2.32. The zero-order chi connectivity index (χ0) is 25.8. The van der Waals surface area contributed by atoms with Gasteiger partial charge in [0, 0.05) is 6.07 Å². The molecule has 3 aromatic rings. The molecule has 1 heterocycles. The fraction of sp³-hybridized carbons (Fsp3) is 0.346. The number of amides is 1. The first-order valence-corrected chi connectivity index (χ1v) is 11.2. The van der Waals surface area contributed by atoms with Crippen LogP contribution in [-0.2, 0) is 4.79 Å². The van der Waals surface area contributed by atoms with Crippen LogP contribution in [0.25, 0.3) is 5.69 Å². The van der Waals surface area contributed by atoms with Crippen LogP contribution in [0.4, 0.5) is 4.39 Å². The number of nitrogens with one attached hydrogen (secondary N) is 1. The lowest BCUT2D eigenvalue weighted by Gasteiger charge is -2.25. The number of carbonyl (C=O) groups is 2. The molecule has 2 atom stereocenters. The van der Waals surface area contributed by atoms with Crippen LogP contribution in [0.1, 0.15) is 54.8 Å². The highest BCUT2D eigenvalue weighted by Crippen LogP contribution is 2.25. The number of nitrogens with zero attached hydrogens (tertiary/aromatic N) is 2. The third-order valence-electron chi connectivity index (χ3n) is 5.62. The number of carboxylic acid groups (broad SMARTS) is 1. The quantitative estimate of drug-likeness (QED) is 0.423. The molecule has 8 nitrogen and oxygen atoms in total. The van der Waals surface area contributed by atoms with Gasteiger partial charge in [0.25, 0.3) is 5.91 Å². The van der Waals surface area contributed by atoms with Crippen molar-refractivity contribution in [2.45, 2.75) is 46.3 Å². The monoisotopic (exact) mass is 483 g/mol. The van der Waals surface area contributed by atoms with E-state index in [-0.39, 0.29) is 24.6 Å². The number of rotatable bonds is 9. The van der Waals surface area contributed by atoms with E-state index in [4.69, 9.17) is 4.74 Å². The van der Waals surface area contributed by atoms with Gasteiger partial charge < -0.3 is 20.3 Å². The van der Waals surface area contributed by atoms with Crippen LogP contribution >= 0.6 is 0 Å². The lowest BCUT2D eigenvalue weighted by atomic mass is 9.90. The Labute approximate surface area is 203 Å². The van der Waals surface area contributed by atoms with Crippen molar-refractivity contribution in [3.63, 3.8) is 0 Å². The number of ether oxygens (including phenoxy) is 1. The van der Waals surface area contributed by atoms with Gasteiger partial charge >= 0.3 is 5.97 Å². The molecule has 186 valence electrons. The highest BCUT2D eigenvalue weighted by atomic mass is 19.1. The number of hydrogen-bond donors (Lipinski definition) is 3. The van der Waals surface area contributed by atoms with Crippen LogP contribution in [0.15, 0.2) is 54.6 Å². The summed E-state index contributed by atoms with van der Waals surface area (Å²) in [6.45, 7) is 7.39. The highest BCUT2D eigenvalue weighted by molar-refractivity contribution is 5.93. The largest absolute Gasteiger partial charge is 0.481 e. The minimum Gasteiger partial charge on any atom is -0.481 e. The Kier molecular flexibility index (Phi) is 7.91. The third-order valence-corrected chi connectivity index (χ3v) is 5.62. The van der Waals surface area contributed by atoms with E-state index in [0.717, 1.165) is 5.56 Å². The highest BCUT2D eigenvalue weighted by Gasteiger charge is 2.26. The van der Waals surface area contributed by atoms with E-state index in [2.05, 4.69) is 10.4 Å². The number of aliphatic carboxylic acids is 1. The fourth-order valence-corrected chi connectivity index (χ4v) is 3.38. The summed E-state index contributed by atoms with van der Waals surface area (Å²) < 4.78 is 20.6. The van der Waals surface area contributed by atoms with Crippen LogP contribution in [0.2, 0.25) is 0 Å². The van der Waals surface area contributed by atoms with Crippen molar-refractivity contribution in [3.05, 3.63) is 77.2 Å². The van der Waals surface area contributed by atoms with Gasteiger partial charge in [-0.15, -0.1) is 0 Å². The normalized spacial score (nSPS) is 13.2. The maximum absolute atomic E-state index is 13.5. The smallest absolute Gasteiger partial charge is 0.305 e. The first-order chi connectivity index (χ1) is 16.5. The molecule has 35 heavy (non-hydrogen) atoms. The second-order valence-corrected chi connectivity index (χ2v) is 9.43. The molecule has 3 N–H and O–H groups in total. The molecule has 0 spiro atoms. The van der Waals surface area contributed by atoms with Gasteiger partial charge in [-0.2, -0.15) is 5.10 Å². The zero-order valence-corrected chi connectivity index (χ0v) is 20.2. The summed E-state index contributed by atoms with van der Waals surface area (Å²) in [6.07, 6.45) is -1.10. The van der Waals surface area contributed by atoms with Crippen molar-refractivity contribution in [2.24, 2.45) is 5.41 Å². The molecule has 0 radical (unpaired) electrons. The van der Waals surface area contributed by atoms with Gasteiger partial charge in [0.15, 0.2) is 5.69 Å². The molecule has 0 fully saturated rings. The Bertz CT molecular complexity index is 1180. The summed E-state index contributed by atoms with van der Waals surface area (Å²) in [5.41, 5.74) is 1.53. The van der Waals surface area contributed by atoms with Crippen molar-refractivity contribution < 1.29 is 28.9 Å². The molecule has 0 unspecified atom stereocenters. The fourth-order valence-electron chi connectivity index (χ4n) is 3.38. The second kappa shape index (κ2) is 10.7. The molecular weight excluding hydrogens is 453 g/mol. The number of aryl methyl sites for hydroxylation is 1. The maximum Gasteiger partial charge on any atom is 0.305 e. The Balaban J connectivity index is 1.92. The lowest BCUT2D eigenvalue weighted by molar-refractivity contribution is -0.137. The number of benzene rings is 2. The van der Waals surface area contributed by atoms with Gasteiger partial charge in [-0.1, -0.05) is 45.0 Å². The topological polar surface area (TPSA) is 114 Å². The van der Waals surface area contributed by atoms with Crippen LogP contribution in [0, 0.1) is 18.2 Å². The SMILES string of the molecule is Cc1ccccc1[C@H](CC(=O)O)NC(=O)c1cc(OC[C@@H](O)C(C)(C)C)n(-c2ccc(F)cc2)n1. The van der Waals surface area contributed by atoms with Crippen molar-refractivity contribution >= 4 is 11.9 Å². The van der Waals surface area contributed by atoms with E-state index in [9.17, 15) is 24.2 Å². The maximum atomic E-state index is 13.5. The minimum absolute atomic E-state index is 0.0152. The molecule has 3 rings (SSSR count). The van der Waals surface area contributed by atoms with Crippen molar-refractivity contribution in [1.82, 2.24) is 15.1 Å². The molecule has 0 aliphatic carbocycles. The third kappa shape index (κ3) is 6.66. The molecule has 0 bridgehead atoms. The van der Waals surface area contributed by atoms with E-state index in [0.29, 0.717) is 11.3 Å². The van der Waals surface area contributed by atoms with Gasteiger partial charge in [0.05, 0.1) is 24.3 Å². The molecule has 2 aromatic carbocycles. The van der Waals surface area contributed by atoms with Crippen molar-refractivity contribution in [2.75, 3.05) is 6.61 Å². The van der Waals surface area contributed by atoms with Gasteiger partial charge in [-0.3, -0.25) is 9.59 Å². The van der Waals surface area contributed by atoms with Crippen LogP contribution in [0.3, 0.4) is 0 Å². The molecule has 1 aromatic heterocycles. The summed E-state index contributed by atoms with van der Waals surface area (Å²) in [5.74, 6) is -1.91. The van der Waals surface area contributed by atoms with Crippen LogP contribution < -0.4 is 10.1 Å². The van der Waals surface area contributed by atoms with Crippen molar-refractivity contribution in [3.8, 4) is 11.6 Å².